The molecule has 9 nitrogen and oxygen atoms in total. The standard InChI is InChI=1S/C28H41N3O6S/c1-7-26(28(33)29-21(3)4)30(20-22-11-9-12-25(19-22)36-5)27(32)13-10-18-31(38(6,34)35)23-14-16-24(17-15-23)37-8-2/h9,11-12,14-17,19,21,26H,7-8,10,13,18,20H2,1-6H3,(H,29,33)/t26-/m1/s1. The van der Waals surface area contributed by atoms with Crippen molar-refractivity contribution < 1.29 is 27.5 Å². The van der Waals surface area contributed by atoms with Crippen LogP contribution in [0, 0.1) is 0 Å². The lowest BCUT2D eigenvalue weighted by molar-refractivity contribution is -0.141. The van der Waals surface area contributed by atoms with Crippen LogP contribution in [0.2, 0.25) is 0 Å². The summed E-state index contributed by atoms with van der Waals surface area (Å²) in [5.74, 6) is 0.872. The molecule has 0 spiro atoms. The highest BCUT2D eigenvalue weighted by Crippen LogP contribution is 2.23. The van der Waals surface area contributed by atoms with Crippen LogP contribution in [0.25, 0.3) is 0 Å². The van der Waals surface area contributed by atoms with E-state index in [1.165, 1.54) is 4.31 Å². The van der Waals surface area contributed by atoms with Crippen LogP contribution < -0.4 is 19.1 Å². The normalized spacial score (nSPS) is 12.1. The minimum Gasteiger partial charge on any atom is -0.497 e. The van der Waals surface area contributed by atoms with Crippen LogP contribution >= 0.6 is 0 Å². The van der Waals surface area contributed by atoms with Crippen molar-refractivity contribution in [3.05, 3.63) is 54.1 Å². The fourth-order valence-corrected chi connectivity index (χ4v) is 5.11. The van der Waals surface area contributed by atoms with E-state index in [9.17, 15) is 18.0 Å². The van der Waals surface area contributed by atoms with Gasteiger partial charge in [-0.25, -0.2) is 8.42 Å². The molecule has 210 valence electrons. The minimum absolute atomic E-state index is 0.0669. The van der Waals surface area contributed by atoms with Gasteiger partial charge in [0, 0.05) is 25.6 Å². The number of sulfonamides is 1. The summed E-state index contributed by atoms with van der Waals surface area (Å²) in [4.78, 5) is 28.1. The zero-order chi connectivity index (χ0) is 28.3. The molecule has 0 aromatic heterocycles. The van der Waals surface area contributed by atoms with Gasteiger partial charge in [-0.15, -0.1) is 0 Å². The number of hydrogen-bond donors (Lipinski definition) is 1. The van der Waals surface area contributed by atoms with E-state index >= 15 is 0 Å². The fourth-order valence-electron chi connectivity index (χ4n) is 4.15. The van der Waals surface area contributed by atoms with E-state index in [4.69, 9.17) is 9.47 Å². The number of ether oxygens (including phenoxy) is 2. The van der Waals surface area contributed by atoms with Crippen molar-refractivity contribution in [3.63, 3.8) is 0 Å². The van der Waals surface area contributed by atoms with Gasteiger partial charge in [-0.1, -0.05) is 19.1 Å². The molecular weight excluding hydrogens is 506 g/mol. The number of anilines is 1. The number of hydrogen-bond acceptors (Lipinski definition) is 6. The van der Waals surface area contributed by atoms with Gasteiger partial charge in [0.1, 0.15) is 17.5 Å². The Morgan fingerprint density at radius 1 is 1.03 bits per heavy atom. The van der Waals surface area contributed by atoms with E-state index in [1.807, 2.05) is 52.0 Å². The summed E-state index contributed by atoms with van der Waals surface area (Å²) in [6.07, 6.45) is 1.95. The Morgan fingerprint density at radius 2 is 1.71 bits per heavy atom. The largest absolute Gasteiger partial charge is 0.497 e. The number of methoxy groups -OCH3 is 1. The Morgan fingerprint density at radius 3 is 2.26 bits per heavy atom. The van der Waals surface area contributed by atoms with Crippen LogP contribution in [0.3, 0.4) is 0 Å². The SMILES string of the molecule is CCOc1ccc(N(CCCC(=O)N(Cc2cccc(OC)c2)[C@H](CC)C(=O)NC(C)C)S(C)(=O)=O)cc1. The van der Waals surface area contributed by atoms with E-state index in [-0.39, 0.29) is 43.8 Å². The number of amides is 2. The number of carbonyl (C=O) groups is 2. The first-order valence-corrected chi connectivity index (χ1v) is 14.8. The number of nitrogens with one attached hydrogen (secondary N) is 1. The van der Waals surface area contributed by atoms with Gasteiger partial charge in [0.2, 0.25) is 21.8 Å². The summed E-state index contributed by atoms with van der Waals surface area (Å²) in [6, 6.07) is 13.5. The van der Waals surface area contributed by atoms with Gasteiger partial charge < -0.3 is 19.7 Å². The van der Waals surface area contributed by atoms with E-state index in [1.54, 1.807) is 36.3 Å². The van der Waals surface area contributed by atoms with Crippen LogP contribution in [0.1, 0.15) is 52.5 Å². The highest BCUT2D eigenvalue weighted by Gasteiger charge is 2.29. The quantitative estimate of drug-likeness (QED) is 0.362. The molecule has 0 radical (unpaired) electrons. The summed E-state index contributed by atoms with van der Waals surface area (Å²) in [5, 5.41) is 2.91. The lowest BCUT2D eigenvalue weighted by atomic mass is 10.1. The Bertz CT molecular complexity index is 1150. The van der Waals surface area contributed by atoms with Crippen molar-refractivity contribution in [2.45, 2.75) is 65.6 Å². The Hall–Kier alpha value is -3.27. The molecule has 1 atom stereocenters. The summed E-state index contributed by atoms with van der Waals surface area (Å²) < 4.78 is 37.1. The molecule has 38 heavy (non-hydrogen) atoms. The zero-order valence-corrected chi connectivity index (χ0v) is 24.1. The van der Waals surface area contributed by atoms with Crippen LogP contribution in [0.15, 0.2) is 48.5 Å². The van der Waals surface area contributed by atoms with Crippen molar-refractivity contribution >= 4 is 27.5 Å². The maximum atomic E-state index is 13.5. The van der Waals surface area contributed by atoms with Gasteiger partial charge in [0.25, 0.3) is 0 Å². The summed E-state index contributed by atoms with van der Waals surface area (Å²) in [7, 11) is -2.00. The predicted molar refractivity (Wildman–Crippen MR) is 150 cm³/mol. The number of carbonyl (C=O) groups excluding carboxylic acids is 2. The monoisotopic (exact) mass is 547 g/mol. The summed E-state index contributed by atoms with van der Waals surface area (Å²) in [5.41, 5.74) is 1.33. The van der Waals surface area contributed by atoms with Gasteiger partial charge >= 0.3 is 0 Å². The van der Waals surface area contributed by atoms with Crippen molar-refractivity contribution in [2.75, 3.05) is 30.8 Å². The predicted octanol–water partition coefficient (Wildman–Crippen LogP) is 3.97. The average molecular weight is 548 g/mol. The summed E-state index contributed by atoms with van der Waals surface area (Å²) in [6.45, 7) is 8.36. The summed E-state index contributed by atoms with van der Waals surface area (Å²) >= 11 is 0. The first-order chi connectivity index (χ1) is 18.0. The molecule has 10 heteroatoms. The van der Waals surface area contributed by atoms with Crippen molar-refractivity contribution in [1.29, 1.82) is 0 Å². The molecule has 2 amide bonds. The van der Waals surface area contributed by atoms with Crippen LogP contribution in [0.4, 0.5) is 5.69 Å². The molecule has 0 fully saturated rings. The third kappa shape index (κ3) is 9.24. The number of rotatable bonds is 15. The van der Waals surface area contributed by atoms with Gasteiger partial charge in [0.05, 0.1) is 25.7 Å². The second kappa shape index (κ2) is 14.6. The lowest BCUT2D eigenvalue weighted by Crippen LogP contribution is -2.50. The fraction of sp³-hybridized carbons (Fsp3) is 0.500. The second-order valence-corrected chi connectivity index (χ2v) is 11.2. The Kier molecular flexibility index (Phi) is 11.9. The van der Waals surface area contributed by atoms with E-state index < -0.39 is 16.1 Å². The molecular formula is C28H41N3O6S. The van der Waals surface area contributed by atoms with Gasteiger partial charge in [-0.3, -0.25) is 13.9 Å². The molecule has 0 aliphatic heterocycles. The molecule has 0 aliphatic carbocycles. The van der Waals surface area contributed by atoms with Gasteiger partial charge in [-0.2, -0.15) is 0 Å². The molecule has 0 unspecified atom stereocenters. The second-order valence-electron chi connectivity index (χ2n) is 9.33. The maximum absolute atomic E-state index is 13.5. The van der Waals surface area contributed by atoms with Crippen LogP contribution in [-0.2, 0) is 26.2 Å². The van der Waals surface area contributed by atoms with Crippen molar-refractivity contribution in [2.24, 2.45) is 0 Å². The highest BCUT2D eigenvalue weighted by atomic mass is 32.2. The van der Waals surface area contributed by atoms with E-state index in [2.05, 4.69) is 5.32 Å². The number of benzene rings is 2. The highest BCUT2D eigenvalue weighted by molar-refractivity contribution is 7.92. The molecule has 0 bridgehead atoms. The molecule has 2 rings (SSSR count). The van der Waals surface area contributed by atoms with E-state index in [0.29, 0.717) is 30.2 Å². The smallest absolute Gasteiger partial charge is 0.243 e. The number of nitrogens with zero attached hydrogens (tertiary/aromatic N) is 2. The average Bonchev–Trinajstić information content (AvgIpc) is 2.86. The van der Waals surface area contributed by atoms with Gasteiger partial charge in [-0.05, 0) is 75.6 Å². The van der Waals surface area contributed by atoms with Crippen molar-refractivity contribution in [1.82, 2.24) is 10.2 Å². The first kappa shape index (κ1) is 31.0. The van der Waals surface area contributed by atoms with Crippen LogP contribution in [-0.4, -0.2) is 63.7 Å². The molecule has 0 saturated carbocycles. The van der Waals surface area contributed by atoms with Gasteiger partial charge in [0.15, 0.2) is 0 Å². The maximum Gasteiger partial charge on any atom is 0.243 e. The molecule has 0 saturated heterocycles. The molecule has 2 aromatic rings. The first-order valence-electron chi connectivity index (χ1n) is 12.9. The third-order valence-corrected chi connectivity index (χ3v) is 7.09. The molecule has 0 aliphatic rings. The molecule has 2 aromatic carbocycles. The Balaban J connectivity index is 2.22. The minimum atomic E-state index is -3.58. The van der Waals surface area contributed by atoms with Crippen LogP contribution in [0.5, 0.6) is 11.5 Å². The lowest BCUT2D eigenvalue weighted by Gasteiger charge is -2.31. The van der Waals surface area contributed by atoms with Crippen molar-refractivity contribution in [3.8, 4) is 11.5 Å². The molecule has 0 heterocycles. The Labute approximate surface area is 227 Å². The van der Waals surface area contributed by atoms with E-state index in [0.717, 1.165) is 11.8 Å². The topological polar surface area (TPSA) is 105 Å². The zero-order valence-electron chi connectivity index (χ0n) is 23.3. The molecule has 1 N–H and O–H groups in total. The third-order valence-electron chi connectivity index (χ3n) is 5.89.